The zero-order chi connectivity index (χ0) is 12.1. The molecular formula is C13H25ClN2O2. The molecule has 2 rings (SSSR count). The molecule has 0 bridgehead atoms. The predicted molar refractivity (Wildman–Crippen MR) is 74.0 cm³/mol. The molecule has 1 aliphatic heterocycles. The molecule has 1 amide bonds. The molecule has 1 saturated carbocycles. The molecule has 2 N–H and O–H groups in total. The van der Waals surface area contributed by atoms with E-state index in [9.17, 15) is 4.79 Å². The van der Waals surface area contributed by atoms with Gasteiger partial charge in [0.2, 0.25) is 5.91 Å². The Morgan fingerprint density at radius 3 is 2.56 bits per heavy atom. The van der Waals surface area contributed by atoms with Gasteiger partial charge in [-0.1, -0.05) is 12.8 Å². The molecule has 1 aliphatic carbocycles. The van der Waals surface area contributed by atoms with Gasteiger partial charge in [0.25, 0.3) is 0 Å². The molecule has 1 saturated heterocycles. The van der Waals surface area contributed by atoms with Crippen LogP contribution in [0.3, 0.4) is 0 Å². The van der Waals surface area contributed by atoms with Crippen LogP contribution in [0.4, 0.5) is 0 Å². The Hall–Kier alpha value is -0.320. The number of carbonyl (C=O) groups is 1. The summed E-state index contributed by atoms with van der Waals surface area (Å²) in [5.74, 6) is 0.434. The van der Waals surface area contributed by atoms with E-state index < -0.39 is 0 Å². The molecule has 4 nitrogen and oxygen atoms in total. The second-order valence-corrected chi connectivity index (χ2v) is 5.52. The predicted octanol–water partition coefficient (Wildman–Crippen LogP) is 1.34. The van der Waals surface area contributed by atoms with Gasteiger partial charge in [0.15, 0.2) is 0 Å². The lowest BCUT2D eigenvalue weighted by Crippen LogP contribution is -2.52. The average molecular weight is 277 g/mol. The largest absolute Gasteiger partial charge is 0.385 e. The molecule has 0 radical (unpaired) electrons. The lowest BCUT2D eigenvalue weighted by Gasteiger charge is -2.32. The van der Waals surface area contributed by atoms with E-state index in [1.807, 2.05) is 0 Å². The van der Waals surface area contributed by atoms with Crippen LogP contribution in [0, 0.1) is 11.3 Å². The van der Waals surface area contributed by atoms with Crippen LogP contribution in [0.25, 0.3) is 0 Å². The van der Waals surface area contributed by atoms with E-state index in [1.54, 1.807) is 7.11 Å². The Labute approximate surface area is 116 Å². The quantitative estimate of drug-likeness (QED) is 0.770. The number of halogens is 1. The van der Waals surface area contributed by atoms with Crippen molar-refractivity contribution in [1.82, 2.24) is 10.6 Å². The molecule has 2 aliphatic rings. The maximum atomic E-state index is 11.8. The van der Waals surface area contributed by atoms with Gasteiger partial charge in [-0.05, 0) is 24.7 Å². The number of hydrogen-bond acceptors (Lipinski definition) is 3. The van der Waals surface area contributed by atoms with Crippen LogP contribution in [0.5, 0.6) is 0 Å². The number of carbonyl (C=O) groups excluding carboxylic acids is 1. The Morgan fingerprint density at radius 2 is 2.06 bits per heavy atom. The second-order valence-electron chi connectivity index (χ2n) is 5.52. The molecule has 0 spiro atoms. The van der Waals surface area contributed by atoms with Crippen molar-refractivity contribution in [1.29, 1.82) is 0 Å². The van der Waals surface area contributed by atoms with Crippen molar-refractivity contribution in [2.45, 2.75) is 32.1 Å². The Morgan fingerprint density at radius 1 is 1.39 bits per heavy atom. The summed E-state index contributed by atoms with van der Waals surface area (Å²) in [5, 5.41) is 6.27. The summed E-state index contributed by atoms with van der Waals surface area (Å²) in [6, 6.07) is 0. The lowest BCUT2D eigenvalue weighted by molar-refractivity contribution is -0.127. The van der Waals surface area contributed by atoms with Crippen LogP contribution in [0.2, 0.25) is 0 Å². The van der Waals surface area contributed by atoms with Crippen molar-refractivity contribution in [2.24, 2.45) is 11.3 Å². The third-order valence-electron chi connectivity index (χ3n) is 4.29. The minimum absolute atomic E-state index is 0. The molecule has 106 valence electrons. The molecular weight excluding hydrogens is 252 g/mol. The maximum Gasteiger partial charge on any atom is 0.225 e. The highest BCUT2D eigenvalue weighted by Crippen LogP contribution is 2.40. The van der Waals surface area contributed by atoms with E-state index in [1.165, 1.54) is 25.7 Å². The van der Waals surface area contributed by atoms with Crippen LogP contribution in [-0.2, 0) is 9.53 Å². The Balaban J connectivity index is 0.00000162. The highest BCUT2D eigenvalue weighted by Gasteiger charge is 2.35. The standard InChI is InChI=1S/C13H24N2O2.ClH/c1-17-7-6-13(4-2-3-5-13)10-15-12(16)11-8-14-9-11;/h11,14H,2-10H2,1H3,(H,15,16);1H. The minimum Gasteiger partial charge on any atom is -0.385 e. The molecule has 0 aromatic rings. The van der Waals surface area contributed by atoms with E-state index in [2.05, 4.69) is 10.6 Å². The molecule has 0 unspecified atom stereocenters. The zero-order valence-corrected chi connectivity index (χ0v) is 12.0. The van der Waals surface area contributed by atoms with Crippen molar-refractivity contribution in [3.63, 3.8) is 0 Å². The highest BCUT2D eigenvalue weighted by molar-refractivity contribution is 5.85. The Kier molecular flexibility index (Phi) is 6.39. The summed E-state index contributed by atoms with van der Waals surface area (Å²) >= 11 is 0. The summed E-state index contributed by atoms with van der Waals surface area (Å²) in [7, 11) is 1.75. The number of ether oxygens (including phenoxy) is 1. The van der Waals surface area contributed by atoms with E-state index in [-0.39, 0.29) is 24.2 Å². The van der Waals surface area contributed by atoms with Gasteiger partial charge in [0.05, 0.1) is 5.92 Å². The minimum atomic E-state index is 0. The van der Waals surface area contributed by atoms with Crippen molar-refractivity contribution in [3.8, 4) is 0 Å². The summed E-state index contributed by atoms with van der Waals surface area (Å²) in [6.45, 7) is 3.33. The fourth-order valence-corrected chi connectivity index (χ4v) is 2.85. The van der Waals surface area contributed by atoms with Gasteiger partial charge < -0.3 is 15.4 Å². The fourth-order valence-electron chi connectivity index (χ4n) is 2.85. The van der Waals surface area contributed by atoms with Crippen LogP contribution < -0.4 is 10.6 Å². The van der Waals surface area contributed by atoms with Crippen molar-refractivity contribution in [3.05, 3.63) is 0 Å². The van der Waals surface area contributed by atoms with Crippen molar-refractivity contribution >= 4 is 18.3 Å². The first-order chi connectivity index (χ1) is 8.26. The fraction of sp³-hybridized carbons (Fsp3) is 0.923. The van der Waals surface area contributed by atoms with E-state index in [0.717, 1.165) is 32.7 Å². The van der Waals surface area contributed by atoms with Gasteiger partial charge >= 0.3 is 0 Å². The van der Waals surface area contributed by atoms with Crippen LogP contribution >= 0.6 is 12.4 Å². The molecule has 0 aromatic heterocycles. The number of amides is 1. The van der Waals surface area contributed by atoms with Crippen LogP contribution in [-0.4, -0.2) is 39.3 Å². The van der Waals surface area contributed by atoms with Crippen molar-refractivity contribution < 1.29 is 9.53 Å². The molecule has 0 atom stereocenters. The summed E-state index contributed by atoms with van der Waals surface area (Å²) in [6.07, 6.45) is 6.14. The summed E-state index contributed by atoms with van der Waals surface area (Å²) < 4.78 is 5.19. The average Bonchev–Trinajstić information content (AvgIpc) is 2.71. The van der Waals surface area contributed by atoms with E-state index >= 15 is 0 Å². The number of hydrogen-bond donors (Lipinski definition) is 2. The second kappa shape index (κ2) is 7.31. The van der Waals surface area contributed by atoms with Crippen molar-refractivity contribution in [2.75, 3.05) is 33.4 Å². The normalized spacial score (nSPS) is 22.1. The number of methoxy groups -OCH3 is 1. The van der Waals surface area contributed by atoms with Crippen LogP contribution in [0.1, 0.15) is 32.1 Å². The SMILES string of the molecule is COCCC1(CNC(=O)C2CNC2)CCCC1.Cl. The van der Waals surface area contributed by atoms with Gasteiger partial charge in [-0.25, -0.2) is 0 Å². The summed E-state index contributed by atoms with van der Waals surface area (Å²) in [5.41, 5.74) is 0.308. The molecule has 1 heterocycles. The Bertz CT molecular complexity index is 264. The van der Waals surface area contributed by atoms with Gasteiger partial charge in [-0.15, -0.1) is 12.4 Å². The lowest BCUT2D eigenvalue weighted by atomic mass is 9.82. The first kappa shape index (κ1) is 15.7. The number of rotatable bonds is 6. The van der Waals surface area contributed by atoms with Gasteiger partial charge in [0, 0.05) is 33.4 Å². The first-order valence-electron chi connectivity index (χ1n) is 6.73. The maximum absolute atomic E-state index is 11.8. The molecule has 0 aromatic carbocycles. The molecule has 5 heteroatoms. The van der Waals surface area contributed by atoms with Gasteiger partial charge in [-0.3, -0.25) is 4.79 Å². The summed E-state index contributed by atoms with van der Waals surface area (Å²) in [4.78, 5) is 11.8. The smallest absolute Gasteiger partial charge is 0.225 e. The highest BCUT2D eigenvalue weighted by atomic mass is 35.5. The third-order valence-corrected chi connectivity index (χ3v) is 4.29. The van der Waals surface area contributed by atoms with Gasteiger partial charge in [0.1, 0.15) is 0 Å². The third kappa shape index (κ3) is 3.84. The molecule has 2 fully saturated rings. The van der Waals surface area contributed by atoms with E-state index in [4.69, 9.17) is 4.74 Å². The monoisotopic (exact) mass is 276 g/mol. The van der Waals surface area contributed by atoms with Crippen LogP contribution in [0.15, 0.2) is 0 Å². The topological polar surface area (TPSA) is 50.4 Å². The van der Waals surface area contributed by atoms with Gasteiger partial charge in [-0.2, -0.15) is 0 Å². The molecule has 18 heavy (non-hydrogen) atoms. The zero-order valence-electron chi connectivity index (χ0n) is 11.2. The first-order valence-corrected chi connectivity index (χ1v) is 6.73. The van der Waals surface area contributed by atoms with E-state index in [0.29, 0.717) is 5.41 Å². The number of nitrogens with one attached hydrogen (secondary N) is 2.